The van der Waals surface area contributed by atoms with Crippen molar-refractivity contribution in [3.05, 3.63) is 23.2 Å². The number of amides is 1. The molecule has 0 unspecified atom stereocenters. The highest BCUT2D eigenvalue weighted by molar-refractivity contribution is 7.98. The molecule has 1 aromatic rings. The third kappa shape index (κ3) is 2.64. The number of rotatable bonds is 2. The lowest BCUT2D eigenvalue weighted by molar-refractivity contribution is -0.114. The molecule has 0 aromatic heterocycles. The van der Waals surface area contributed by atoms with E-state index in [1.807, 2.05) is 18.4 Å². The van der Waals surface area contributed by atoms with Crippen LogP contribution in [-0.4, -0.2) is 12.2 Å². The Labute approximate surface area is 86.7 Å². The Morgan fingerprint density at radius 3 is 2.77 bits per heavy atom. The fourth-order valence-electron chi connectivity index (χ4n) is 0.955. The van der Waals surface area contributed by atoms with Gasteiger partial charge in [0.05, 0.1) is 10.7 Å². The van der Waals surface area contributed by atoms with Crippen molar-refractivity contribution in [2.75, 3.05) is 11.6 Å². The van der Waals surface area contributed by atoms with Crippen LogP contribution in [0.1, 0.15) is 6.92 Å². The summed E-state index contributed by atoms with van der Waals surface area (Å²) < 4.78 is 0. The Balaban J connectivity index is 3.01. The van der Waals surface area contributed by atoms with E-state index in [0.717, 1.165) is 4.90 Å². The van der Waals surface area contributed by atoms with Crippen LogP contribution in [0.4, 0.5) is 5.69 Å². The van der Waals surface area contributed by atoms with Gasteiger partial charge in [0.15, 0.2) is 0 Å². The maximum Gasteiger partial charge on any atom is 0.221 e. The fraction of sp³-hybridized carbons (Fsp3) is 0.222. The first-order chi connectivity index (χ1) is 6.15. The van der Waals surface area contributed by atoms with Crippen molar-refractivity contribution in [3.8, 4) is 0 Å². The van der Waals surface area contributed by atoms with Gasteiger partial charge < -0.3 is 5.32 Å². The van der Waals surface area contributed by atoms with Crippen molar-refractivity contribution in [1.82, 2.24) is 0 Å². The van der Waals surface area contributed by atoms with Gasteiger partial charge in [-0.15, -0.1) is 11.8 Å². The highest BCUT2D eigenvalue weighted by atomic mass is 35.5. The van der Waals surface area contributed by atoms with Gasteiger partial charge in [-0.25, -0.2) is 0 Å². The molecule has 70 valence electrons. The zero-order valence-corrected chi connectivity index (χ0v) is 9.00. The molecule has 0 radical (unpaired) electrons. The Morgan fingerprint density at radius 2 is 2.23 bits per heavy atom. The molecule has 0 saturated carbocycles. The molecule has 0 spiro atoms. The first kappa shape index (κ1) is 10.4. The lowest BCUT2D eigenvalue weighted by Crippen LogP contribution is -2.06. The first-order valence-electron chi connectivity index (χ1n) is 3.75. The molecule has 13 heavy (non-hydrogen) atoms. The van der Waals surface area contributed by atoms with Crippen LogP contribution in [-0.2, 0) is 4.79 Å². The van der Waals surface area contributed by atoms with Gasteiger partial charge in [-0.3, -0.25) is 4.79 Å². The lowest BCUT2D eigenvalue weighted by atomic mass is 10.3. The van der Waals surface area contributed by atoms with Gasteiger partial charge in [-0.2, -0.15) is 0 Å². The second-order valence-electron chi connectivity index (χ2n) is 2.50. The molecular weight excluding hydrogens is 206 g/mol. The average Bonchev–Trinajstić information content (AvgIpc) is 2.08. The molecule has 4 heteroatoms. The number of carbonyl (C=O) groups is 1. The van der Waals surface area contributed by atoms with Gasteiger partial charge in [-0.1, -0.05) is 17.7 Å². The summed E-state index contributed by atoms with van der Waals surface area (Å²) in [7, 11) is 0. The molecule has 2 nitrogen and oxygen atoms in total. The smallest absolute Gasteiger partial charge is 0.221 e. The van der Waals surface area contributed by atoms with Gasteiger partial charge in [0.25, 0.3) is 0 Å². The number of carbonyl (C=O) groups excluding carboxylic acids is 1. The second-order valence-corrected chi connectivity index (χ2v) is 3.73. The largest absolute Gasteiger partial charge is 0.325 e. The van der Waals surface area contributed by atoms with E-state index < -0.39 is 0 Å². The zero-order valence-electron chi connectivity index (χ0n) is 7.43. The van der Waals surface area contributed by atoms with Crippen molar-refractivity contribution in [3.63, 3.8) is 0 Å². The van der Waals surface area contributed by atoms with Crippen LogP contribution in [0, 0.1) is 0 Å². The second kappa shape index (κ2) is 4.53. The first-order valence-corrected chi connectivity index (χ1v) is 5.35. The van der Waals surface area contributed by atoms with Crippen LogP contribution in [0.3, 0.4) is 0 Å². The highest BCUT2D eigenvalue weighted by Gasteiger charge is 2.05. The van der Waals surface area contributed by atoms with E-state index in [2.05, 4.69) is 5.32 Å². The van der Waals surface area contributed by atoms with Crippen LogP contribution in [0.5, 0.6) is 0 Å². The van der Waals surface area contributed by atoms with Gasteiger partial charge in [0.2, 0.25) is 5.91 Å². The van der Waals surface area contributed by atoms with E-state index in [-0.39, 0.29) is 5.91 Å². The summed E-state index contributed by atoms with van der Waals surface area (Å²) in [6.07, 6.45) is 1.94. The third-order valence-corrected chi connectivity index (χ3v) is 2.79. The monoisotopic (exact) mass is 215 g/mol. The molecule has 1 amide bonds. The number of halogens is 1. The van der Waals surface area contributed by atoms with E-state index in [0.29, 0.717) is 10.7 Å². The maximum atomic E-state index is 10.8. The van der Waals surface area contributed by atoms with Crippen LogP contribution >= 0.6 is 23.4 Å². The van der Waals surface area contributed by atoms with E-state index >= 15 is 0 Å². The number of nitrogens with one attached hydrogen (secondary N) is 1. The van der Waals surface area contributed by atoms with Gasteiger partial charge >= 0.3 is 0 Å². The molecule has 0 fully saturated rings. The summed E-state index contributed by atoms with van der Waals surface area (Å²) in [5, 5.41) is 3.27. The van der Waals surface area contributed by atoms with E-state index in [1.54, 1.807) is 17.8 Å². The van der Waals surface area contributed by atoms with Gasteiger partial charge in [-0.05, 0) is 18.4 Å². The number of benzene rings is 1. The molecule has 1 aromatic carbocycles. The van der Waals surface area contributed by atoms with Crippen molar-refractivity contribution >= 4 is 35.0 Å². The summed E-state index contributed by atoms with van der Waals surface area (Å²) >= 11 is 7.57. The van der Waals surface area contributed by atoms with E-state index in [9.17, 15) is 4.79 Å². The predicted molar refractivity (Wildman–Crippen MR) is 57.5 cm³/mol. The molecule has 1 rings (SSSR count). The minimum absolute atomic E-state index is 0.111. The summed E-state index contributed by atoms with van der Waals surface area (Å²) in [5.41, 5.74) is 0.668. The Kier molecular flexibility index (Phi) is 3.63. The minimum Gasteiger partial charge on any atom is -0.325 e. The zero-order chi connectivity index (χ0) is 9.84. The van der Waals surface area contributed by atoms with Crippen molar-refractivity contribution in [2.45, 2.75) is 11.8 Å². The molecule has 0 aliphatic heterocycles. The predicted octanol–water partition coefficient (Wildman–Crippen LogP) is 3.02. The van der Waals surface area contributed by atoms with E-state index in [4.69, 9.17) is 11.6 Å². The van der Waals surface area contributed by atoms with Crippen LogP contribution < -0.4 is 5.32 Å². The number of hydrogen-bond acceptors (Lipinski definition) is 2. The van der Waals surface area contributed by atoms with Gasteiger partial charge in [0, 0.05) is 11.8 Å². The standard InChI is InChI=1S/C9H10ClNOS/c1-6(12)11-7-4-3-5-8(13-2)9(7)10/h3-5H,1-2H3,(H,11,12). The molecule has 1 N–H and O–H groups in total. The molecule has 0 bridgehead atoms. The highest BCUT2D eigenvalue weighted by Crippen LogP contribution is 2.31. The Hall–Kier alpha value is -0.670. The minimum atomic E-state index is -0.111. The molecule has 0 aliphatic rings. The van der Waals surface area contributed by atoms with Crippen LogP contribution in [0.2, 0.25) is 5.02 Å². The molecule has 0 saturated heterocycles. The number of thioether (sulfide) groups is 1. The molecule has 0 heterocycles. The fourth-order valence-corrected chi connectivity index (χ4v) is 1.86. The summed E-state index contributed by atoms with van der Waals surface area (Å²) in [6, 6.07) is 5.56. The summed E-state index contributed by atoms with van der Waals surface area (Å²) in [5.74, 6) is -0.111. The van der Waals surface area contributed by atoms with Crippen molar-refractivity contribution < 1.29 is 4.79 Å². The van der Waals surface area contributed by atoms with Gasteiger partial charge in [0.1, 0.15) is 0 Å². The SMILES string of the molecule is CSc1cccc(NC(C)=O)c1Cl. The maximum absolute atomic E-state index is 10.8. The number of hydrogen-bond donors (Lipinski definition) is 1. The normalized spacial score (nSPS) is 9.77. The Bertz CT molecular complexity index is 327. The molecule has 0 aliphatic carbocycles. The molecule has 0 atom stereocenters. The Morgan fingerprint density at radius 1 is 1.54 bits per heavy atom. The quantitative estimate of drug-likeness (QED) is 0.769. The third-order valence-electron chi connectivity index (χ3n) is 1.49. The van der Waals surface area contributed by atoms with E-state index in [1.165, 1.54) is 6.92 Å². The number of anilines is 1. The average molecular weight is 216 g/mol. The van der Waals surface area contributed by atoms with Crippen LogP contribution in [0.25, 0.3) is 0 Å². The summed E-state index contributed by atoms with van der Waals surface area (Å²) in [6.45, 7) is 1.46. The summed E-state index contributed by atoms with van der Waals surface area (Å²) in [4.78, 5) is 11.8. The topological polar surface area (TPSA) is 29.1 Å². The van der Waals surface area contributed by atoms with Crippen LogP contribution in [0.15, 0.2) is 23.1 Å². The lowest BCUT2D eigenvalue weighted by Gasteiger charge is -2.07. The molecular formula is C9H10ClNOS. The van der Waals surface area contributed by atoms with Crippen molar-refractivity contribution in [1.29, 1.82) is 0 Å². The van der Waals surface area contributed by atoms with Crippen molar-refractivity contribution in [2.24, 2.45) is 0 Å².